The molecule has 0 unspecified atom stereocenters. The zero-order chi connectivity index (χ0) is 15.4. The molecule has 2 rings (SSSR count). The van der Waals surface area contributed by atoms with Crippen LogP contribution in [0.4, 0.5) is 0 Å². The number of carbonyl (C=O) groups is 1. The Kier molecular flexibility index (Phi) is 5.33. The lowest BCUT2D eigenvalue weighted by molar-refractivity contribution is 0.0951. The van der Waals surface area contributed by atoms with Crippen LogP contribution in [0.15, 0.2) is 46.9 Å². The van der Waals surface area contributed by atoms with Gasteiger partial charge >= 0.3 is 0 Å². The minimum atomic E-state index is -0.161. The number of rotatable bonds is 4. The summed E-state index contributed by atoms with van der Waals surface area (Å²) in [6.45, 7) is 0.427. The van der Waals surface area contributed by atoms with Crippen LogP contribution in [0.25, 0.3) is 0 Å². The van der Waals surface area contributed by atoms with Gasteiger partial charge in [0.2, 0.25) is 0 Å². The van der Waals surface area contributed by atoms with Gasteiger partial charge in [0.05, 0.1) is 5.02 Å². The smallest absolute Gasteiger partial charge is 0.251 e. The van der Waals surface area contributed by atoms with E-state index in [1.807, 2.05) is 24.3 Å². The van der Waals surface area contributed by atoms with Gasteiger partial charge in [0.25, 0.3) is 5.91 Å². The highest BCUT2D eigenvalue weighted by Gasteiger charge is 2.07. The summed E-state index contributed by atoms with van der Waals surface area (Å²) < 4.78 is 0.692. The third kappa shape index (κ3) is 4.27. The van der Waals surface area contributed by atoms with E-state index in [0.717, 1.165) is 11.1 Å². The van der Waals surface area contributed by atoms with Crippen LogP contribution >= 0.6 is 39.7 Å². The molecule has 1 amide bonds. The van der Waals surface area contributed by atoms with E-state index in [0.29, 0.717) is 26.6 Å². The first-order valence-corrected chi connectivity index (χ1v) is 7.67. The monoisotopic (exact) mass is 382 g/mol. The van der Waals surface area contributed by atoms with Crippen LogP contribution < -0.4 is 11.1 Å². The molecule has 108 valence electrons. The Morgan fingerprint density at radius 1 is 1.19 bits per heavy atom. The molecule has 2 aromatic carbocycles. The van der Waals surface area contributed by atoms with Crippen molar-refractivity contribution in [1.29, 1.82) is 0 Å². The Morgan fingerprint density at radius 2 is 1.81 bits per heavy atom. The molecule has 0 bridgehead atoms. The van der Waals surface area contributed by atoms with Crippen molar-refractivity contribution in [3.63, 3.8) is 0 Å². The van der Waals surface area contributed by atoms with Gasteiger partial charge in [-0.1, -0.05) is 48.1 Å². The summed E-state index contributed by atoms with van der Waals surface area (Å²) in [5.41, 5.74) is 7.86. The van der Waals surface area contributed by atoms with Crippen molar-refractivity contribution in [3.8, 4) is 0 Å². The summed E-state index contributed by atoms with van der Waals surface area (Å²) in [6.07, 6.45) is 0. The summed E-state index contributed by atoms with van der Waals surface area (Å²) in [5, 5.41) is 3.41. The van der Waals surface area contributed by atoms with Crippen molar-refractivity contribution in [3.05, 3.63) is 68.7 Å². The van der Waals surface area contributed by atoms with Crippen molar-refractivity contribution in [2.45, 2.75) is 6.54 Å². The van der Waals surface area contributed by atoms with Gasteiger partial charge in [0, 0.05) is 22.1 Å². The van der Waals surface area contributed by atoms with E-state index in [4.69, 9.17) is 29.6 Å². The van der Waals surface area contributed by atoms with Crippen molar-refractivity contribution in [2.24, 2.45) is 5.73 Å². The lowest BCUT2D eigenvalue weighted by atomic mass is 10.1. The van der Waals surface area contributed by atoms with E-state index >= 15 is 0 Å². The first kappa shape index (κ1) is 15.9. The highest BCUT2D eigenvalue weighted by Crippen LogP contribution is 2.23. The maximum atomic E-state index is 12.0. The van der Waals surface area contributed by atoms with Crippen LogP contribution in [0.1, 0.15) is 21.5 Å². The quantitative estimate of drug-likeness (QED) is 0.792. The Labute approximate surface area is 141 Å². The maximum Gasteiger partial charge on any atom is 0.251 e. The molecule has 6 heteroatoms. The van der Waals surface area contributed by atoms with E-state index in [-0.39, 0.29) is 5.91 Å². The van der Waals surface area contributed by atoms with Crippen molar-refractivity contribution >= 4 is 50.6 Å². The fraction of sp³-hybridized carbons (Fsp3) is 0.0667. The molecule has 3 N–H and O–H groups in total. The van der Waals surface area contributed by atoms with Gasteiger partial charge in [0.1, 0.15) is 4.99 Å². The molecule has 2 aromatic rings. The minimum absolute atomic E-state index is 0.161. The fourth-order valence-electron chi connectivity index (χ4n) is 1.71. The zero-order valence-electron chi connectivity index (χ0n) is 10.9. The topological polar surface area (TPSA) is 55.1 Å². The van der Waals surface area contributed by atoms with E-state index in [1.165, 1.54) is 0 Å². The number of benzene rings is 2. The van der Waals surface area contributed by atoms with Gasteiger partial charge < -0.3 is 11.1 Å². The first-order valence-electron chi connectivity index (χ1n) is 6.09. The third-order valence-electron chi connectivity index (χ3n) is 2.87. The minimum Gasteiger partial charge on any atom is -0.389 e. The van der Waals surface area contributed by atoms with Crippen molar-refractivity contribution < 1.29 is 4.79 Å². The predicted octanol–water partition coefficient (Wildman–Crippen LogP) is 3.67. The highest BCUT2D eigenvalue weighted by atomic mass is 79.9. The summed E-state index contributed by atoms with van der Waals surface area (Å²) in [4.78, 5) is 12.4. The van der Waals surface area contributed by atoms with Crippen LogP contribution in [0.2, 0.25) is 5.02 Å². The number of hydrogen-bond acceptors (Lipinski definition) is 2. The van der Waals surface area contributed by atoms with Crippen molar-refractivity contribution in [2.75, 3.05) is 0 Å². The average molecular weight is 384 g/mol. The predicted molar refractivity (Wildman–Crippen MR) is 92.7 cm³/mol. The van der Waals surface area contributed by atoms with Gasteiger partial charge in [-0.15, -0.1) is 0 Å². The normalized spacial score (nSPS) is 10.2. The van der Waals surface area contributed by atoms with Crippen LogP contribution in [-0.2, 0) is 6.54 Å². The molecule has 0 saturated carbocycles. The second-order valence-corrected chi connectivity index (χ2v) is 6.07. The van der Waals surface area contributed by atoms with Gasteiger partial charge in [-0.3, -0.25) is 4.79 Å². The molecule has 0 aromatic heterocycles. The van der Waals surface area contributed by atoms with E-state index in [1.54, 1.807) is 18.2 Å². The Morgan fingerprint density at radius 3 is 2.38 bits per heavy atom. The summed E-state index contributed by atoms with van der Waals surface area (Å²) in [6, 6.07) is 12.5. The number of carbonyl (C=O) groups excluding carboxylic acids is 1. The van der Waals surface area contributed by atoms with Gasteiger partial charge in [-0.25, -0.2) is 0 Å². The van der Waals surface area contributed by atoms with E-state index in [9.17, 15) is 4.79 Å². The number of nitrogens with one attached hydrogen (secondary N) is 1. The number of thiocarbonyl (C=S) groups is 1. The molecule has 0 fully saturated rings. The third-order valence-corrected chi connectivity index (χ3v) is 4.32. The van der Waals surface area contributed by atoms with Gasteiger partial charge in [-0.2, -0.15) is 0 Å². The standard InChI is InChI=1S/C15H12BrClN2OS/c16-12-7-11(5-6-13(12)17)15(20)19-8-9-1-3-10(4-2-9)14(18)21/h1-7H,8H2,(H2,18,21)(H,19,20). The van der Waals surface area contributed by atoms with Crippen LogP contribution in [0.3, 0.4) is 0 Å². The number of hydrogen-bond donors (Lipinski definition) is 2. The highest BCUT2D eigenvalue weighted by molar-refractivity contribution is 9.10. The van der Waals surface area contributed by atoms with Gasteiger partial charge in [-0.05, 0) is 39.7 Å². The summed E-state index contributed by atoms with van der Waals surface area (Å²) in [5.74, 6) is -0.161. The molecule has 0 saturated heterocycles. The Bertz CT molecular complexity index is 689. The zero-order valence-corrected chi connectivity index (χ0v) is 14.1. The fourth-order valence-corrected chi connectivity index (χ4v) is 2.34. The molecule has 3 nitrogen and oxygen atoms in total. The average Bonchev–Trinajstić information content (AvgIpc) is 2.48. The lowest BCUT2D eigenvalue weighted by Gasteiger charge is -2.07. The SMILES string of the molecule is NC(=S)c1ccc(CNC(=O)c2ccc(Cl)c(Br)c2)cc1. The molecule has 0 spiro atoms. The molecule has 0 heterocycles. The van der Waals surface area contributed by atoms with E-state index < -0.39 is 0 Å². The lowest BCUT2D eigenvalue weighted by Crippen LogP contribution is -2.22. The molecule has 0 aliphatic heterocycles. The number of nitrogens with two attached hydrogens (primary N) is 1. The van der Waals surface area contributed by atoms with Gasteiger partial charge in [0.15, 0.2) is 0 Å². The molecular weight excluding hydrogens is 372 g/mol. The summed E-state index contributed by atoms with van der Waals surface area (Å²) in [7, 11) is 0. The molecule has 0 aliphatic carbocycles. The Hall–Kier alpha value is -1.43. The number of amides is 1. The first-order chi connectivity index (χ1) is 9.97. The van der Waals surface area contributed by atoms with Crippen LogP contribution in [-0.4, -0.2) is 10.9 Å². The maximum absolute atomic E-state index is 12.0. The summed E-state index contributed by atoms with van der Waals surface area (Å²) >= 11 is 14.1. The molecule has 0 radical (unpaired) electrons. The number of halogens is 2. The molecule has 0 aliphatic rings. The molecule has 21 heavy (non-hydrogen) atoms. The van der Waals surface area contributed by atoms with E-state index in [2.05, 4.69) is 21.2 Å². The molecular formula is C15H12BrClN2OS. The second kappa shape index (κ2) is 7.02. The second-order valence-electron chi connectivity index (χ2n) is 4.37. The Balaban J connectivity index is 2.00. The van der Waals surface area contributed by atoms with Crippen LogP contribution in [0.5, 0.6) is 0 Å². The van der Waals surface area contributed by atoms with Crippen molar-refractivity contribution in [1.82, 2.24) is 5.32 Å². The van der Waals surface area contributed by atoms with Crippen LogP contribution in [0, 0.1) is 0 Å². The largest absolute Gasteiger partial charge is 0.389 e. The molecule has 0 atom stereocenters.